The van der Waals surface area contributed by atoms with Gasteiger partial charge in [-0.05, 0) is 67.5 Å². The molecule has 0 radical (unpaired) electrons. The number of nitrogens with zero attached hydrogens (tertiary/aromatic N) is 1. The van der Waals surface area contributed by atoms with Gasteiger partial charge >= 0.3 is 0 Å². The average Bonchev–Trinajstić information content (AvgIpc) is 2.73. The number of carbonyl (C=O) groups is 1. The van der Waals surface area contributed by atoms with Crippen LogP contribution in [-0.4, -0.2) is 25.6 Å². The lowest BCUT2D eigenvalue weighted by atomic mass is 9.99. The molecule has 1 aliphatic rings. The summed E-state index contributed by atoms with van der Waals surface area (Å²) in [4.78, 5) is 14.5. The number of amides is 1. The maximum atomic E-state index is 12.2. The van der Waals surface area contributed by atoms with Crippen LogP contribution in [0.1, 0.15) is 51.0 Å². The van der Waals surface area contributed by atoms with E-state index in [0.29, 0.717) is 22.4 Å². The van der Waals surface area contributed by atoms with Gasteiger partial charge < -0.3 is 15.0 Å². The van der Waals surface area contributed by atoms with Gasteiger partial charge in [0.25, 0.3) is 5.91 Å². The zero-order valence-corrected chi connectivity index (χ0v) is 17.5. The van der Waals surface area contributed by atoms with Crippen LogP contribution in [0.15, 0.2) is 42.5 Å². The Hall–Kier alpha value is -2.20. The standard InChI is InChI=1S/C23H29ClN2O2/c1-3-17(2)18-7-10-20(11-8-18)28-16-23(27)25-19-9-12-22(21(24)15-19)26-13-5-4-6-14-26/h7-12,15,17H,3-6,13-14,16H2,1-2H3,(H,25,27)/t17-/m0/s1. The summed E-state index contributed by atoms with van der Waals surface area (Å²) in [5.74, 6) is 1.02. The molecule has 1 fully saturated rings. The highest BCUT2D eigenvalue weighted by molar-refractivity contribution is 6.33. The molecule has 0 bridgehead atoms. The van der Waals surface area contributed by atoms with E-state index in [0.717, 1.165) is 25.2 Å². The molecule has 0 saturated carbocycles. The van der Waals surface area contributed by atoms with Crippen LogP contribution in [0.4, 0.5) is 11.4 Å². The summed E-state index contributed by atoms with van der Waals surface area (Å²) in [5, 5.41) is 3.52. The normalized spacial score (nSPS) is 15.2. The Kier molecular flexibility index (Phi) is 7.21. The maximum Gasteiger partial charge on any atom is 0.262 e. The molecule has 2 aromatic rings. The quantitative estimate of drug-likeness (QED) is 0.632. The van der Waals surface area contributed by atoms with Gasteiger partial charge in [0.15, 0.2) is 6.61 Å². The van der Waals surface area contributed by atoms with E-state index in [2.05, 4.69) is 36.2 Å². The highest BCUT2D eigenvalue weighted by atomic mass is 35.5. The molecular weight excluding hydrogens is 372 g/mol. The van der Waals surface area contributed by atoms with Crippen molar-refractivity contribution in [3.63, 3.8) is 0 Å². The molecule has 1 saturated heterocycles. The number of benzene rings is 2. The Bertz CT molecular complexity index is 786. The summed E-state index contributed by atoms with van der Waals surface area (Å²) in [6.45, 7) is 6.41. The molecule has 0 aromatic heterocycles. The number of anilines is 2. The van der Waals surface area contributed by atoms with Gasteiger partial charge in [-0.1, -0.05) is 37.6 Å². The van der Waals surface area contributed by atoms with Crippen molar-refractivity contribution in [2.45, 2.75) is 45.4 Å². The molecule has 5 heteroatoms. The fraction of sp³-hybridized carbons (Fsp3) is 0.435. The Labute approximate surface area is 172 Å². The van der Waals surface area contributed by atoms with E-state index < -0.39 is 0 Å². The van der Waals surface area contributed by atoms with Gasteiger partial charge in [-0.3, -0.25) is 4.79 Å². The van der Waals surface area contributed by atoms with Crippen LogP contribution in [0.2, 0.25) is 5.02 Å². The van der Waals surface area contributed by atoms with Crippen LogP contribution in [0, 0.1) is 0 Å². The SMILES string of the molecule is CC[C@H](C)c1ccc(OCC(=O)Nc2ccc(N3CCCCC3)c(Cl)c2)cc1. The third kappa shape index (κ3) is 5.41. The minimum atomic E-state index is -0.201. The van der Waals surface area contributed by atoms with Gasteiger partial charge in [0.1, 0.15) is 5.75 Å². The highest BCUT2D eigenvalue weighted by Gasteiger charge is 2.14. The minimum absolute atomic E-state index is 0.0336. The molecule has 0 spiro atoms. The fourth-order valence-corrected chi connectivity index (χ4v) is 3.75. The molecule has 4 nitrogen and oxygen atoms in total. The molecule has 1 atom stereocenters. The number of nitrogens with one attached hydrogen (secondary N) is 1. The van der Waals surface area contributed by atoms with Gasteiger partial charge in [-0.15, -0.1) is 0 Å². The number of piperidine rings is 1. The van der Waals surface area contributed by atoms with E-state index in [9.17, 15) is 4.79 Å². The van der Waals surface area contributed by atoms with Crippen LogP contribution in [0.5, 0.6) is 5.75 Å². The second kappa shape index (κ2) is 9.83. The first-order valence-electron chi connectivity index (χ1n) is 10.1. The van der Waals surface area contributed by atoms with Gasteiger partial charge in [-0.25, -0.2) is 0 Å². The number of halogens is 1. The van der Waals surface area contributed by atoms with Crippen LogP contribution in [-0.2, 0) is 4.79 Å². The first kappa shape index (κ1) is 20.5. The second-order valence-electron chi connectivity index (χ2n) is 7.43. The topological polar surface area (TPSA) is 41.6 Å². The molecule has 1 aliphatic heterocycles. The molecule has 0 unspecified atom stereocenters. The summed E-state index contributed by atoms with van der Waals surface area (Å²) < 4.78 is 5.60. The summed E-state index contributed by atoms with van der Waals surface area (Å²) in [5.41, 5.74) is 3.01. The Balaban J connectivity index is 1.52. The first-order chi connectivity index (χ1) is 13.6. The lowest BCUT2D eigenvalue weighted by Crippen LogP contribution is -2.29. The molecular formula is C23H29ClN2O2. The van der Waals surface area contributed by atoms with Crippen molar-refractivity contribution < 1.29 is 9.53 Å². The van der Waals surface area contributed by atoms with E-state index in [-0.39, 0.29) is 12.5 Å². The molecule has 150 valence electrons. The van der Waals surface area contributed by atoms with E-state index in [1.165, 1.54) is 24.8 Å². The van der Waals surface area contributed by atoms with Crippen molar-refractivity contribution in [2.75, 3.05) is 29.9 Å². The van der Waals surface area contributed by atoms with Gasteiger partial charge in [0, 0.05) is 18.8 Å². The van der Waals surface area contributed by atoms with Gasteiger partial charge in [-0.2, -0.15) is 0 Å². The van der Waals surface area contributed by atoms with E-state index in [1.807, 2.05) is 30.3 Å². The molecule has 28 heavy (non-hydrogen) atoms. The highest BCUT2D eigenvalue weighted by Crippen LogP contribution is 2.30. The third-order valence-corrected chi connectivity index (χ3v) is 5.66. The van der Waals surface area contributed by atoms with E-state index >= 15 is 0 Å². The maximum absolute atomic E-state index is 12.2. The molecule has 1 amide bonds. The predicted molar refractivity (Wildman–Crippen MR) is 117 cm³/mol. The predicted octanol–water partition coefficient (Wildman–Crippen LogP) is 5.86. The van der Waals surface area contributed by atoms with Crippen LogP contribution in [0.25, 0.3) is 0 Å². The molecule has 1 heterocycles. The smallest absolute Gasteiger partial charge is 0.262 e. The zero-order chi connectivity index (χ0) is 19.9. The summed E-state index contributed by atoms with van der Waals surface area (Å²) in [7, 11) is 0. The van der Waals surface area contributed by atoms with Crippen LogP contribution >= 0.6 is 11.6 Å². The molecule has 2 aromatic carbocycles. The lowest BCUT2D eigenvalue weighted by Gasteiger charge is -2.29. The Morgan fingerprint density at radius 2 is 1.86 bits per heavy atom. The monoisotopic (exact) mass is 400 g/mol. The molecule has 1 N–H and O–H groups in total. The van der Waals surface area contributed by atoms with Gasteiger partial charge in [0.05, 0.1) is 10.7 Å². The van der Waals surface area contributed by atoms with Crippen molar-refractivity contribution in [3.05, 3.63) is 53.1 Å². The minimum Gasteiger partial charge on any atom is -0.484 e. The summed E-state index contributed by atoms with van der Waals surface area (Å²) >= 11 is 6.45. The average molecular weight is 401 g/mol. The molecule has 0 aliphatic carbocycles. The van der Waals surface area contributed by atoms with E-state index in [4.69, 9.17) is 16.3 Å². The number of carbonyl (C=O) groups excluding carboxylic acids is 1. The van der Waals surface area contributed by atoms with Crippen molar-refractivity contribution in [1.82, 2.24) is 0 Å². The number of rotatable bonds is 7. The first-order valence-corrected chi connectivity index (χ1v) is 10.5. The fourth-order valence-electron chi connectivity index (χ4n) is 3.45. The second-order valence-corrected chi connectivity index (χ2v) is 7.84. The van der Waals surface area contributed by atoms with Crippen molar-refractivity contribution in [2.24, 2.45) is 0 Å². The number of ether oxygens (including phenoxy) is 1. The van der Waals surface area contributed by atoms with Crippen LogP contribution in [0.3, 0.4) is 0 Å². The third-order valence-electron chi connectivity index (χ3n) is 5.36. The lowest BCUT2D eigenvalue weighted by molar-refractivity contribution is -0.118. The van der Waals surface area contributed by atoms with Crippen LogP contribution < -0.4 is 15.0 Å². The molecule has 3 rings (SSSR count). The van der Waals surface area contributed by atoms with Gasteiger partial charge in [0.2, 0.25) is 0 Å². The summed E-state index contributed by atoms with van der Waals surface area (Å²) in [6, 6.07) is 13.6. The largest absolute Gasteiger partial charge is 0.484 e. The van der Waals surface area contributed by atoms with Crippen molar-refractivity contribution >= 4 is 28.9 Å². The number of hydrogen-bond donors (Lipinski definition) is 1. The number of hydrogen-bond acceptors (Lipinski definition) is 3. The van der Waals surface area contributed by atoms with Crippen molar-refractivity contribution in [3.8, 4) is 5.75 Å². The zero-order valence-electron chi connectivity index (χ0n) is 16.7. The van der Waals surface area contributed by atoms with E-state index in [1.54, 1.807) is 0 Å². The van der Waals surface area contributed by atoms with Crippen molar-refractivity contribution in [1.29, 1.82) is 0 Å². The Morgan fingerprint density at radius 3 is 2.50 bits per heavy atom. The Morgan fingerprint density at radius 1 is 1.14 bits per heavy atom. The summed E-state index contributed by atoms with van der Waals surface area (Å²) in [6.07, 6.45) is 4.78.